The molecule has 0 unspecified atom stereocenters. The highest BCUT2D eigenvalue weighted by atomic mass is 32.1. The summed E-state index contributed by atoms with van der Waals surface area (Å²) in [5.74, 6) is 0.592. The van der Waals surface area contributed by atoms with Gasteiger partial charge in [0.1, 0.15) is 11.9 Å². The molecule has 5 heteroatoms. The van der Waals surface area contributed by atoms with Crippen LogP contribution in [0.5, 0.6) is 0 Å². The molecule has 0 fully saturated rings. The highest BCUT2D eigenvalue weighted by Gasteiger charge is 2.13. The van der Waals surface area contributed by atoms with Crippen LogP contribution in [0.1, 0.15) is 23.8 Å². The molecule has 2 aromatic heterocycles. The number of nitrogens with one attached hydrogen (secondary N) is 1. The molecule has 1 aromatic carbocycles. The Kier molecular flexibility index (Phi) is 4.34. The molecule has 2 heterocycles. The van der Waals surface area contributed by atoms with E-state index in [0.717, 1.165) is 16.9 Å². The van der Waals surface area contributed by atoms with Crippen LogP contribution in [0.15, 0.2) is 47.1 Å². The van der Waals surface area contributed by atoms with E-state index in [9.17, 15) is 5.11 Å². The van der Waals surface area contributed by atoms with Crippen LogP contribution < -0.4 is 5.32 Å². The molecular formula is C16H18N2O2S. The third-order valence-corrected chi connectivity index (χ3v) is 4.41. The molecule has 0 spiro atoms. The summed E-state index contributed by atoms with van der Waals surface area (Å²) in [6.45, 7) is 2.57. The first-order valence-electron chi connectivity index (χ1n) is 7.01. The zero-order valence-electron chi connectivity index (χ0n) is 11.8. The first-order valence-corrected chi connectivity index (χ1v) is 7.83. The van der Waals surface area contributed by atoms with E-state index < -0.39 is 6.10 Å². The van der Waals surface area contributed by atoms with Crippen molar-refractivity contribution in [1.82, 2.24) is 10.3 Å². The Morgan fingerprint density at radius 3 is 2.90 bits per heavy atom. The molecule has 3 rings (SSSR count). The first-order chi connectivity index (χ1) is 10.2. The van der Waals surface area contributed by atoms with Crippen molar-refractivity contribution in [2.45, 2.75) is 25.5 Å². The summed E-state index contributed by atoms with van der Waals surface area (Å²) >= 11 is 1.73. The summed E-state index contributed by atoms with van der Waals surface area (Å²) < 4.78 is 6.40. The summed E-state index contributed by atoms with van der Waals surface area (Å²) in [5.41, 5.74) is 1.06. The molecule has 2 atom stereocenters. The third-order valence-electron chi connectivity index (χ3n) is 3.35. The van der Waals surface area contributed by atoms with Crippen molar-refractivity contribution in [2.24, 2.45) is 0 Å². The Morgan fingerprint density at radius 1 is 1.29 bits per heavy atom. The van der Waals surface area contributed by atoms with Crippen molar-refractivity contribution in [1.29, 1.82) is 0 Å². The number of hydrogen-bond acceptors (Lipinski definition) is 5. The summed E-state index contributed by atoms with van der Waals surface area (Å²) in [4.78, 5) is 4.63. The van der Waals surface area contributed by atoms with E-state index >= 15 is 0 Å². The summed E-state index contributed by atoms with van der Waals surface area (Å²) in [7, 11) is 0. The highest BCUT2D eigenvalue weighted by molar-refractivity contribution is 7.18. The predicted molar refractivity (Wildman–Crippen MR) is 84.5 cm³/mol. The average molecular weight is 302 g/mol. The topological polar surface area (TPSA) is 58.3 Å². The number of aromatic nitrogens is 1. The Hall–Kier alpha value is -1.69. The molecule has 0 aliphatic carbocycles. The quantitative estimate of drug-likeness (QED) is 0.734. The largest absolute Gasteiger partial charge is 0.467 e. The minimum atomic E-state index is -0.613. The van der Waals surface area contributed by atoms with Gasteiger partial charge in [0, 0.05) is 19.0 Å². The van der Waals surface area contributed by atoms with Crippen LogP contribution in [0.25, 0.3) is 10.2 Å². The van der Waals surface area contributed by atoms with Crippen LogP contribution in [0.3, 0.4) is 0 Å². The minimum Gasteiger partial charge on any atom is -0.467 e. The van der Waals surface area contributed by atoms with Gasteiger partial charge in [0.15, 0.2) is 0 Å². The lowest BCUT2D eigenvalue weighted by Gasteiger charge is -2.14. The molecule has 0 saturated carbocycles. The lowest BCUT2D eigenvalue weighted by Crippen LogP contribution is -2.31. The maximum atomic E-state index is 9.97. The fraction of sp³-hybridized carbons (Fsp3) is 0.312. The summed E-state index contributed by atoms with van der Waals surface area (Å²) in [6.07, 6.45) is 1.81. The number of thiazole rings is 1. The van der Waals surface area contributed by atoms with Gasteiger partial charge in [-0.1, -0.05) is 12.1 Å². The lowest BCUT2D eigenvalue weighted by molar-refractivity contribution is 0.144. The summed E-state index contributed by atoms with van der Waals surface area (Å²) in [5, 5.41) is 14.4. The van der Waals surface area contributed by atoms with Crippen LogP contribution in [0.2, 0.25) is 0 Å². The van der Waals surface area contributed by atoms with Crippen LogP contribution in [-0.4, -0.2) is 22.7 Å². The average Bonchev–Trinajstić information content (AvgIpc) is 3.13. The van der Waals surface area contributed by atoms with E-state index in [1.165, 1.54) is 4.70 Å². The van der Waals surface area contributed by atoms with Crippen molar-refractivity contribution in [3.05, 3.63) is 53.4 Å². The Labute approximate surface area is 127 Å². The number of nitrogens with zero attached hydrogens (tertiary/aromatic N) is 1. The highest BCUT2D eigenvalue weighted by Crippen LogP contribution is 2.22. The van der Waals surface area contributed by atoms with Gasteiger partial charge in [-0.05, 0) is 31.2 Å². The molecule has 0 radical (unpaired) electrons. The standard InChI is InChI=1S/C16H18N2O2S/c1-11(17-10-13(19)14-6-4-8-20-14)9-16-18-12-5-2-3-7-15(12)21-16/h2-8,11,13,17,19H,9-10H2,1H3/t11-,13+/m1/s1. The number of rotatable bonds is 6. The first kappa shape index (κ1) is 14.3. The van der Waals surface area contributed by atoms with Crippen molar-refractivity contribution in [2.75, 3.05) is 6.54 Å². The van der Waals surface area contributed by atoms with Gasteiger partial charge in [0.2, 0.25) is 0 Å². The van der Waals surface area contributed by atoms with Gasteiger partial charge in [-0.15, -0.1) is 11.3 Å². The van der Waals surface area contributed by atoms with Crippen molar-refractivity contribution < 1.29 is 9.52 Å². The van der Waals surface area contributed by atoms with Gasteiger partial charge < -0.3 is 14.8 Å². The number of aliphatic hydroxyl groups excluding tert-OH is 1. The molecule has 0 bridgehead atoms. The van der Waals surface area contributed by atoms with Gasteiger partial charge in [0.05, 0.1) is 21.5 Å². The number of benzene rings is 1. The smallest absolute Gasteiger partial charge is 0.133 e. The van der Waals surface area contributed by atoms with E-state index in [0.29, 0.717) is 12.3 Å². The molecule has 0 amide bonds. The second-order valence-corrected chi connectivity index (χ2v) is 6.24. The van der Waals surface area contributed by atoms with E-state index in [2.05, 4.69) is 23.3 Å². The molecule has 0 saturated heterocycles. The van der Waals surface area contributed by atoms with E-state index in [1.54, 1.807) is 29.7 Å². The SMILES string of the molecule is C[C@H](Cc1nc2ccccc2s1)NC[C@H](O)c1ccco1. The van der Waals surface area contributed by atoms with E-state index in [1.807, 2.05) is 18.2 Å². The summed E-state index contributed by atoms with van der Waals surface area (Å²) in [6, 6.07) is 12.0. The Morgan fingerprint density at radius 2 is 2.14 bits per heavy atom. The van der Waals surface area contributed by atoms with Gasteiger partial charge in [0.25, 0.3) is 0 Å². The third kappa shape index (κ3) is 3.50. The van der Waals surface area contributed by atoms with Gasteiger partial charge in [-0.25, -0.2) is 4.98 Å². The zero-order valence-corrected chi connectivity index (χ0v) is 12.6. The fourth-order valence-corrected chi connectivity index (χ4v) is 3.33. The van der Waals surface area contributed by atoms with Gasteiger partial charge in [-0.3, -0.25) is 0 Å². The maximum absolute atomic E-state index is 9.97. The molecule has 0 aliphatic heterocycles. The van der Waals surface area contributed by atoms with E-state index in [4.69, 9.17) is 4.42 Å². The second kappa shape index (κ2) is 6.39. The molecule has 21 heavy (non-hydrogen) atoms. The molecule has 2 N–H and O–H groups in total. The number of aliphatic hydroxyl groups is 1. The zero-order chi connectivity index (χ0) is 14.7. The molecule has 0 aliphatic rings. The lowest BCUT2D eigenvalue weighted by atomic mass is 10.2. The number of fused-ring (bicyclic) bond motifs is 1. The fourth-order valence-electron chi connectivity index (χ4n) is 2.24. The predicted octanol–water partition coefficient (Wildman–Crippen LogP) is 3.14. The Bertz CT molecular complexity index is 660. The molecule has 3 aromatic rings. The number of hydrogen-bond donors (Lipinski definition) is 2. The number of para-hydroxylation sites is 1. The van der Waals surface area contributed by atoms with Gasteiger partial charge in [-0.2, -0.15) is 0 Å². The van der Waals surface area contributed by atoms with Crippen LogP contribution in [-0.2, 0) is 6.42 Å². The monoisotopic (exact) mass is 302 g/mol. The van der Waals surface area contributed by atoms with Gasteiger partial charge >= 0.3 is 0 Å². The van der Waals surface area contributed by atoms with Crippen LogP contribution in [0, 0.1) is 0 Å². The maximum Gasteiger partial charge on any atom is 0.133 e. The molecule has 110 valence electrons. The normalized spacial score (nSPS) is 14.4. The minimum absolute atomic E-state index is 0.246. The van der Waals surface area contributed by atoms with Crippen molar-refractivity contribution in [3.8, 4) is 0 Å². The molecular weight excluding hydrogens is 284 g/mol. The Balaban J connectivity index is 1.55. The van der Waals surface area contributed by atoms with E-state index in [-0.39, 0.29) is 6.04 Å². The number of furan rings is 1. The second-order valence-electron chi connectivity index (χ2n) is 5.12. The molecule has 4 nitrogen and oxygen atoms in total. The van der Waals surface area contributed by atoms with Crippen LogP contribution >= 0.6 is 11.3 Å². The van der Waals surface area contributed by atoms with Crippen LogP contribution in [0.4, 0.5) is 0 Å². The van der Waals surface area contributed by atoms with Crippen molar-refractivity contribution in [3.63, 3.8) is 0 Å². The van der Waals surface area contributed by atoms with Crippen molar-refractivity contribution >= 4 is 21.6 Å².